The maximum absolute atomic E-state index is 12.0. The summed E-state index contributed by atoms with van der Waals surface area (Å²) in [5, 5.41) is 9.82. The average molecular weight is 157 g/mol. The zero-order chi connectivity index (χ0) is 7.78. The van der Waals surface area contributed by atoms with Crippen LogP contribution in [-0.4, -0.2) is 36.4 Å². The molecule has 0 aromatic carbocycles. The molecule has 0 unspecified atom stereocenters. The molecule has 0 aliphatic carbocycles. The number of hydrogen-bond donors (Lipinski definition) is 0. The Kier molecular flexibility index (Phi) is 3.49. The van der Waals surface area contributed by atoms with Crippen molar-refractivity contribution in [3.8, 4) is 0 Å². The molecule has 1 aliphatic heterocycles. The van der Waals surface area contributed by atoms with Gasteiger partial charge >= 0.3 is 18.9 Å². The molecule has 3 nitrogen and oxygen atoms in total. The van der Waals surface area contributed by atoms with E-state index >= 15 is 0 Å². The van der Waals surface area contributed by atoms with Crippen molar-refractivity contribution in [3.63, 3.8) is 0 Å². The smallest absolute Gasteiger partial charge is 0.549 e. The van der Waals surface area contributed by atoms with Crippen LogP contribution in [0.1, 0.15) is 0 Å². The molecule has 1 rings (SSSR count). The Labute approximate surface area is 74.5 Å². The number of carboxylic acid groups (broad SMARTS) is 1. The van der Waals surface area contributed by atoms with Gasteiger partial charge in [-0.05, 0) is 0 Å². The van der Waals surface area contributed by atoms with Crippen molar-refractivity contribution in [1.82, 2.24) is 4.90 Å². The minimum Gasteiger partial charge on any atom is -0.549 e. The number of rotatable bonds is 2. The number of carbonyl (C=O) groups excluding carboxylic acids is 1. The molecule has 58 valence electrons. The molecule has 0 N–H and O–H groups in total. The molecule has 11 heavy (non-hydrogen) atoms. The van der Waals surface area contributed by atoms with Crippen molar-refractivity contribution in [1.29, 1.82) is 0 Å². The fourth-order valence-electron chi connectivity index (χ4n) is 0.902. The van der Waals surface area contributed by atoms with E-state index < -0.39 is 31.5 Å². The zero-order valence-corrected chi connectivity index (χ0v) is 6.14. The van der Waals surface area contributed by atoms with Gasteiger partial charge in [0.2, 0.25) is 0 Å². The van der Waals surface area contributed by atoms with Gasteiger partial charge in [0.05, 0.1) is 19.1 Å². The Bertz CT molecular complexity index is 157. The Hall–Kier alpha value is -0.113. The van der Waals surface area contributed by atoms with E-state index in [0.717, 1.165) is 4.90 Å². The van der Waals surface area contributed by atoms with Crippen molar-refractivity contribution in [2.75, 3.05) is 19.6 Å². The number of hydrogen-bond acceptors (Lipinski definition) is 3. The van der Waals surface area contributed by atoms with E-state index in [1.165, 1.54) is 0 Å². The molecule has 1 saturated heterocycles. The molecule has 1 fully saturated rings. The van der Waals surface area contributed by atoms with Crippen LogP contribution in [0.15, 0.2) is 0 Å². The number of halogens is 2. The summed E-state index contributed by atoms with van der Waals surface area (Å²) in [5.41, 5.74) is 0. The molecule has 0 atom stereocenters. The molecule has 0 radical (unpaired) electrons. The molecular weight excluding hydrogens is 151 g/mol. The van der Waals surface area contributed by atoms with E-state index in [9.17, 15) is 18.7 Å². The Balaban J connectivity index is 0.000001000. The van der Waals surface area contributed by atoms with E-state index in [0.29, 0.717) is 0 Å². The van der Waals surface area contributed by atoms with E-state index in [2.05, 4.69) is 0 Å². The van der Waals surface area contributed by atoms with Crippen LogP contribution in [0.25, 0.3) is 0 Å². The minimum absolute atomic E-state index is 0. The van der Waals surface area contributed by atoms with Crippen LogP contribution in [0.2, 0.25) is 0 Å². The largest absolute Gasteiger partial charge is 1.00 e. The van der Waals surface area contributed by atoms with Crippen LogP contribution in [-0.2, 0) is 4.79 Å². The summed E-state index contributed by atoms with van der Waals surface area (Å²) in [6.07, 6.45) is 0. The van der Waals surface area contributed by atoms with Gasteiger partial charge in [-0.25, -0.2) is 8.78 Å². The van der Waals surface area contributed by atoms with E-state index in [4.69, 9.17) is 0 Å². The Morgan fingerprint density at radius 3 is 2.27 bits per heavy atom. The molecule has 0 saturated carbocycles. The SMILES string of the molecule is O=C([O-])CN1CC(F)(F)C1.[Li+]. The Morgan fingerprint density at radius 2 is 2.00 bits per heavy atom. The third-order valence-electron chi connectivity index (χ3n) is 1.26. The average Bonchev–Trinajstić information content (AvgIpc) is 1.57. The third-order valence-corrected chi connectivity index (χ3v) is 1.26. The van der Waals surface area contributed by atoms with Crippen LogP contribution >= 0.6 is 0 Å². The summed E-state index contributed by atoms with van der Waals surface area (Å²) < 4.78 is 24.0. The topological polar surface area (TPSA) is 43.4 Å². The molecule has 0 bridgehead atoms. The number of carboxylic acids is 1. The predicted molar refractivity (Wildman–Crippen MR) is 26.4 cm³/mol. The standard InChI is InChI=1S/C5H7F2NO2.Li/c6-5(7)2-8(3-5)1-4(9)10;/h1-3H2,(H,9,10);/q;+1/p-1. The maximum Gasteiger partial charge on any atom is 1.00 e. The summed E-state index contributed by atoms with van der Waals surface area (Å²) in [4.78, 5) is 10.9. The first-order valence-electron chi connectivity index (χ1n) is 2.80. The first-order valence-corrected chi connectivity index (χ1v) is 2.80. The molecule has 0 aromatic rings. The van der Waals surface area contributed by atoms with Gasteiger partial charge < -0.3 is 9.90 Å². The van der Waals surface area contributed by atoms with Crippen LogP contribution < -0.4 is 24.0 Å². The predicted octanol–water partition coefficient (Wildman–Crippen LogP) is -4.31. The number of alkyl halides is 2. The fourth-order valence-corrected chi connectivity index (χ4v) is 0.902. The van der Waals surface area contributed by atoms with E-state index in [1.54, 1.807) is 0 Å². The second-order valence-electron chi connectivity index (χ2n) is 2.37. The maximum atomic E-state index is 12.0. The van der Waals surface area contributed by atoms with Gasteiger partial charge in [-0.1, -0.05) is 0 Å². The molecule has 1 heterocycles. The molecule has 0 aromatic heterocycles. The van der Waals surface area contributed by atoms with Crippen LogP contribution in [0, 0.1) is 0 Å². The summed E-state index contributed by atoms with van der Waals surface area (Å²) >= 11 is 0. The second kappa shape index (κ2) is 3.52. The fraction of sp³-hybridized carbons (Fsp3) is 0.800. The molecule has 1 aliphatic rings. The van der Waals surface area contributed by atoms with Crippen molar-refractivity contribution >= 4 is 5.97 Å². The number of aliphatic carboxylic acids is 1. The van der Waals surface area contributed by atoms with Gasteiger partial charge in [0, 0.05) is 6.54 Å². The summed E-state index contributed by atoms with van der Waals surface area (Å²) in [6.45, 7) is -1.31. The first kappa shape index (κ1) is 10.9. The third kappa shape index (κ3) is 3.19. The number of likely N-dealkylation sites (tertiary alicyclic amines) is 1. The van der Waals surface area contributed by atoms with Gasteiger partial charge in [0.1, 0.15) is 0 Å². The number of carbonyl (C=O) groups is 1. The number of nitrogens with zero attached hydrogens (tertiary/aromatic N) is 1. The van der Waals surface area contributed by atoms with Gasteiger partial charge in [-0.2, -0.15) is 0 Å². The van der Waals surface area contributed by atoms with Gasteiger partial charge in [-0.3, -0.25) is 4.90 Å². The normalized spacial score (nSPS) is 21.6. The van der Waals surface area contributed by atoms with Crippen LogP contribution in [0.3, 0.4) is 0 Å². The monoisotopic (exact) mass is 157 g/mol. The van der Waals surface area contributed by atoms with Crippen molar-refractivity contribution in [2.45, 2.75) is 5.92 Å². The second-order valence-corrected chi connectivity index (χ2v) is 2.37. The van der Waals surface area contributed by atoms with E-state index in [-0.39, 0.29) is 18.9 Å². The van der Waals surface area contributed by atoms with E-state index in [1.807, 2.05) is 0 Å². The quantitative estimate of drug-likeness (QED) is 0.381. The zero-order valence-electron chi connectivity index (χ0n) is 6.14. The minimum atomic E-state index is -2.69. The van der Waals surface area contributed by atoms with Crippen molar-refractivity contribution in [3.05, 3.63) is 0 Å². The van der Waals surface area contributed by atoms with Crippen LogP contribution in [0.5, 0.6) is 0 Å². The van der Waals surface area contributed by atoms with Crippen molar-refractivity contribution < 1.29 is 37.5 Å². The summed E-state index contributed by atoms with van der Waals surface area (Å²) in [7, 11) is 0. The molecule has 0 spiro atoms. The molecule has 6 heteroatoms. The van der Waals surface area contributed by atoms with Gasteiger partial charge in [0.25, 0.3) is 5.92 Å². The van der Waals surface area contributed by atoms with Crippen LogP contribution in [0.4, 0.5) is 8.78 Å². The first-order chi connectivity index (χ1) is 4.49. The van der Waals surface area contributed by atoms with Gasteiger partial charge in [0.15, 0.2) is 0 Å². The van der Waals surface area contributed by atoms with Crippen molar-refractivity contribution in [2.24, 2.45) is 0 Å². The molecular formula is C5H6F2LiNO2. The Morgan fingerprint density at radius 1 is 1.55 bits per heavy atom. The summed E-state index contributed by atoms with van der Waals surface area (Å²) in [5.74, 6) is -3.99. The summed E-state index contributed by atoms with van der Waals surface area (Å²) in [6, 6.07) is 0. The van der Waals surface area contributed by atoms with Gasteiger partial charge in [-0.15, -0.1) is 0 Å². The molecule has 0 amide bonds.